The van der Waals surface area contributed by atoms with Crippen LogP contribution in [0.25, 0.3) is 0 Å². The van der Waals surface area contributed by atoms with Gasteiger partial charge in [-0.15, -0.1) is 0 Å². The summed E-state index contributed by atoms with van der Waals surface area (Å²) in [5.74, 6) is -3.68. The van der Waals surface area contributed by atoms with Crippen LogP contribution in [0.5, 0.6) is 5.75 Å². The Morgan fingerprint density at radius 2 is 1.75 bits per heavy atom. The fourth-order valence-corrected chi connectivity index (χ4v) is 4.53. The van der Waals surface area contributed by atoms with Gasteiger partial charge in [0.25, 0.3) is 12.2 Å². The molecule has 0 saturated carbocycles. The van der Waals surface area contributed by atoms with Crippen LogP contribution >= 0.6 is 0 Å². The maximum atomic E-state index is 13.5. The zero-order valence-corrected chi connectivity index (χ0v) is 26.4. The number of nitrogens with zero attached hydrogens (tertiary/aromatic N) is 1. The van der Waals surface area contributed by atoms with Gasteiger partial charge in [-0.25, -0.2) is 0 Å². The number of primary amides is 1. The van der Waals surface area contributed by atoms with Crippen molar-refractivity contribution < 1.29 is 64.2 Å². The summed E-state index contributed by atoms with van der Waals surface area (Å²) in [5, 5.41) is 72.0. The third-order valence-corrected chi connectivity index (χ3v) is 7.64. The maximum Gasteiger partial charge on any atom is 0.266 e. The molecule has 1 saturated heterocycles. The Balaban J connectivity index is 2.14. The molecule has 19 heteroatoms. The third-order valence-electron chi connectivity index (χ3n) is 7.64. The molecule has 0 spiro atoms. The number of oxime groups is 1. The van der Waals surface area contributed by atoms with Crippen molar-refractivity contribution in [1.82, 2.24) is 21.3 Å². The van der Waals surface area contributed by atoms with E-state index in [1.807, 2.05) is 0 Å². The number of nitrogens with two attached hydrogens (primary N) is 1. The standard InChI is InChI=1S/C29H44N6O13/c1-3-15(2)22(27(46)34-18(26(45)31-9-20(30)40)8-16-4-6-17(39)7-5-16)32-12-29(13-37,14-38)35-21(41)10-33-48-28-25(44)24(43)23(42)19(11-36)47-28/h4-7,10,13,15,18-19,22-25,28,32,36,38-39,42-44H,3,8-9,11-12,14H2,1-2H3,(H2,30,40)(H,31,45)(H,34,46)(H,35,41)/b33-10+/t15?,18-,19?,22-,23+,24?,25?,28-,29+/m0/s1. The van der Waals surface area contributed by atoms with E-state index in [4.69, 9.17) is 15.3 Å². The second-order valence-electron chi connectivity index (χ2n) is 11.3. The molecule has 4 unspecified atom stereocenters. The third kappa shape index (κ3) is 11.5. The van der Waals surface area contributed by atoms with Gasteiger partial charge >= 0.3 is 0 Å². The number of aldehydes is 1. The zero-order valence-electron chi connectivity index (χ0n) is 26.4. The minimum absolute atomic E-state index is 0.0132. The average molecular weight is 685 g/mol. The van der Waals surface area contributed by atoms with Crippen molar-refractivity contribution in [3.8, 4) is 5.75 Å². The van der Waals surface area contributed by atoms with E-state index < -0.39 is 104 Å². The van der Waals surface area contributed by atoms with Crippen molar-refractivity contribution in [2.24, 2.45) is 16.8 Å². The van der Waals surface area contributed by atoms with Crippen molar-refractivity contribution >= 4 is 36.1 Å². The van der Waals surface area contributed by atoms with Gasteiger partial charge in [0.1, 0.15) is 54.2 Å². The number of aliphatic hydroxyl groups is 5. The highest BCUT2D eigenvalue weighted by Crippen LogP contribution is 2.22. The summed E-state index contributed by atoms with van der Waals surface area (Å²) in [4.78, 5) is 67.2. The molecule has 1 heterocycles. The molecule has 0 aliphatic carbocycles. The molecule has 1 aromatic carbocycles. The van der Waals surface area contributed by atoms with Crippen molar-refractivity contribution in [2.45, 2.75) is 75.0 Å². The highest BCUT2D eigenvalue weighted by Gasteiger charge is 2.45. The Bertz CT molecular complexity index is 1270. The summed E-state index contributed by atoms with van der Waals surface area (Å²) in [5.41, 5.74) is 3.72. The number of ether oxygens (including phenoxy) is 1. The fourth-order valence-electron chi connectivity index (χ4n) is 4.53. The van der Waals surface area contributed by atoms with Gasteiger partial charge in [0, 0.05) is 13.0 Å². The van der Waals surface area contributed by atoms with Gasteiger partial charge in [-0.3, -0.25) is 19.2 Å². The molecule has 268 valence electrons. The van der Waals surface area contributed by atoms with E-state index in [9.17, 15) is 54.6 Å². The molecule has 1 aliphatic heterocycles. The van der Waals surface area contributed by atoms with Crippen LogP contribution in [0.4, 0.5) is 0 Å². The first kappa shape index (κ1) is 39.9. The molecule has 48 heavy (non-hydrogen) atoms. The molecule has 0 bridgehead atoms. The molecular formula is C29H44N6O13. The normalized spacial score (nSPS) is 24.0. The lowest BCUT2D eigenvalue weighted by molar-refractivity contribution is -0.301. The molecule has 0 radical (unpaired) electrons. The second-order valence-corrected chi connectivity index (χ2v) is 11.3. The summed E-state index contributed by atoms with van der Waals surface area (Å²) < 4.78 is 5.10. The van der Waals surface area contributed by atoms with Gasteiger partial charge in [0.05, 0.1) is 25.8 Å². The number of carbonyl (C=O) groups is 5. The number of carbonyl (C=O) groups excluding carboxylic acids is 5. The number of aromatic hydroxyl groups is 1. The number of hydrogen-bond donors (Lipinski definition) is 11. The average Bonchev–Trinajstić information content (AvgIpc) is 3.07. The molecule has 9 atom stereocenters. The van der Waals surface area contributed by atoms with Crippen molar-refractivity contribution in [3.05, 3.63) is 29.8 Å². The van der Waals surface area contributed by atoms with Crippen molar-refractivity contribution in [2.75, 3.05) is 26.3 Å². The van der Waals surface area contributed by atoms with E-state index >= 15 is 0 Å². The fraction of sp³-hybridized carbons (Fsp3) is 0.586. The quantitative estimate of drug-likeness (QED) is 0.0369. The zero-order chi connectivity index (χ0) is 36.0. The number of aliphatic hydroxyl groups excluding tert-OH is 5. The summed E-state index contributed by atoms with van der Waals surface area (Å²) in [6.07, 6.45) is -6.97. The van der Waals surface area contributed by atoms with Gasteiger partial charge in [0.15, 0.2) is 0 Å². The van der Waals surface area contributed by atoms with Crippen LogP contribution in [-0.2, 0) is 40.0 Å². The first-order valence-electron chi connectivity index (χ1n) is 15.0. The first-order valence-corrected chi connectivity index (χ1v) is 15.0. The van der Waals surface area contributed by atoms with Crippen molar-refractivity contribution in [3.63, 3.8) is 0 Å². The Labute approximate surface area is 275 Å². The molecule has 4 amide bonds. The van der Waals surface area contributed by atoms with Crippen LogP contribution in [0.15, 0.2) is 29.4 Å². The Morgan fingerprint density at radius 1 is 1.08 bits per heavy atom. The monoisotopic (exact) mass is 684 g/mol. The highest BCUT2D eigenvalue weighted by molar-refractivity contribution is 6.26. The Hall–Kier alpha value is -4.24. The van der Waals surface area contributed by atoms with Gasteiger partial charge in [-0.2, -0.15) is 0 Å². The van der Waals surface area contributed by atoms with E-state index in [2.05, 4.69) is 26.4 Å². The molecule has 1 aromatic rings. The van der Waals surface area contributed by atoms with Gasteiger partial charge in [0.2, 0.25) is 17.7 Å². The van der Waals surface area contributed by atoms with E-state index in [1.165, 1.54) is 12.1 Å². The maximum absolute atomic E-state index is 13.5. The second kappa shape index (κ2) is 18.9. The SMILES string of the molecule is CCC(C)[C@H](NC[C@@](C=O)(CO)NC(=O)/C=N/O[C@@H]1OC(CO)[C@@H](O)C(O)C1O)C(=O)N[C@@H](Cc1ccc(O)cc1)C(=O)NCC(N)=O. The summed E-state index contributed by atoms with van der Waals surface area (Å²) in [6, 6.07) is 3.62. The summed E-state index contributed by atoms with van der Waals surface area (Å²) in [6.45, 7) is 0.888. The van der Waals surface area contributed by atoms with Crippen LogP contribution in [-0.4, -0.2) is 141 Å². The van der Waals surface area contributed by atoms with Crippen LogP contribution in [0.1, 0.15) is 25.8 Å². The minimum atomic E-state index is -1.98. The molecule has 1 fully saturated rings. The van der Waals surface area contributed by atoms with Crippen LogP contribution in [0, 0.1) is 5.92 Å². The Morgan fingerprint density at radius 3 is 2.31 bits per heavy atom. The molecule has 1 aliphatic rings. The molecule has 0 aromatic heterocycles. The van der Waals surface area contributed by atoms with E-state index in [1.54, 1.807) is 26.0 Å². The molecule has 12 N–H and O–H groups in total. The largest absolute Gasteiger partial charge is 0.508 e. The number of benzene rings is 1. The lowest BCUT2D eigenvalue weighted by atomic mass is 9.95. The van der Waals surface area contributed by atoms with Crippen LogP contribution in [0.2, 0.25) is 0 Å². The lowest BCUT2D eigenvalue weighted by Gasteiger charge is -2.38. The van der Waals surface area contributed by atoms with E-state index in [0.29, 0.717) is 18.2 Å². The van der Waals surface area contributed by atoms with Crippen LogP contribution in [0.3, 0.4) is 0 Å². The number of hydrogen-bond acceptors (Lipinski definition) is 15. The number of rotatable bonds is 19. The molecular weight excluding hydrogens is 640 g/mol. The van der Waals surface area contributed by atoms with E-state index in [-0.39, 0.29) is 18.5 Å². The summed E-state index contributed by atoms with van der Waals surface area (Å²) in [7, 11) is 0. The highest BCUT2D eigenvalue weighted by atomic mass is 16.8. The van der Waals surface area contributed by atoms with Crippen LogP contribution < -0.4 is 27.0 Å². The Kier molecular flexibility index (Phi) is 15.8. The predicted molar refractivity (Wildman–Crippen MR) is 165 cm³/mol. The van der Waals surface area contributed by atoms with Gasteiger partial charge in [-0.1, -0.05) is 37.6 Å². The number of nitrogens with one attached hydrogen (secondary N) is 4. The van der Waals surface area contributed by atoms with E-state index in [0.717, 1.165) is 0 Å². The molecule has 19 nitrogen and oxygen atoms in total. The van der Waals surface area contributed by atoms with Gasteiger partial charge in [-0.05, 0) is 23.6 Å². The van der Waals surface area contributed by atoms with Crippen molar-refractivity contribution in [1.29, 1.82) is 0 Å². The topological polar surface area (TPSA) is 312 Å². The number of amides is 4. The molecule has 2 rings (SSSR count). The number of phenolic OH excluding ortho intramolecular Hbond substituents is 1. The van der Waals surface area contributed by atoms with Gasteiger partial charge < -0.3 is 72.0 Å². The number of phenols is 1. The predicted octanol–water partition coefficient (Wildman–Crippen LogP) is -5.13. The lowest BCUT2D eigenvalue weighted by Crippen LogP contribution is -2.63. The minimum Gasteiger partial charge on any atom is -0.508 e. The summed E-state index contributed by atoms with van der Waals surface area (Å²) >= 11 is 0. The smallest absolute Gasteiger partial charge is 0.266 e. The first-order chi connectivity index (χ1) is 22.7.